The second-order valence-electron chi connectivity index (χ2n) is 6.77. The molecule has 18 heavy (non-hydrogen) atoms. The van der Waals surface area contributed by atoms with Gasteiger partial charge in [0.15, 0.2) is 0 Å². The van der Waals surface area contributed by atoms with E-state index in [-0.39, 0.29) is 0 Å². The fourth-order valence-electron chi connectivity index (χ4n) is 3.65. The summed E-state index contributed by atoms with van der Waals surface area (Å²) in [6, 6.07) is 0.836. The summed E-state index contributed by atoms with van der Waals surface area (Å²) in [6.45, 7) is 5.88. The van der Waals surface area contributed by atoms with Crippen LogP contribution in [0.4, 0.5) is 0 Å². The maximum absolute atomic E-state index is 3.86. The number of hydrogen-bond acceptors (Lipinski definition) is 1. The van der Waals surface area contributed by atoms with Crippen LogP contribution in [0.15, 0.2) is 0 Å². The van der Waals surface area contributed by atoms with Gasteiger partial charge in [0.05, 0.1) is 0 Å². The molecule has 2 aliphatic rings. The Morgan fingerprint density at radius 3 is 2.17 bits per heavy atom. The van der Waals surface area contributed by atoms with Crippen LogP contribution in [0.3, 0.4) is 0 Å². The van der Waals surface area contributed by atoms with Crippen molar-refractivity contribution in [3.8, 4) is 0 Å². The second kappa shape index (κ2) is 7.53. The zero-order valence-electron chi connectivity index (χ0n) is 12.6. The molecule has 0 saturated heterocycles. The first-order valence-corrected chi connectivity index (χ1v) is 8.56. The van der Waals surface area contributed by atoms with E-state index in [1.807, 2.05) is 0 Å². The molecule has 1 N–H and O–H groups in total. The molecule has 2 rings (SSSR count). The lowest BCUT2D eigenvalue weighted by molar-refractivity contribution is 0.208. The molecule has 0 aliphatic heterocycles. The molecular weight excluding hydrogens is 218 g/mol. The number of nitrogens with one attached hydrogen (secondary N) is 1. The average molecular weight is 251 g/mol. The minimum Gasteiger partial charge on any atom is -0.314 e. The molecule has 1 heteroatoms. The molecule has 1 nitrogen and oxygen atoms in total. The van der Waals surface area contributed by atoms with Gasteiger partial charge in [-0.15, -0.1) is 0 Å². The van der Waals surface area contributed by atoms with Crippen molar-refractivity contribution < 1.29 is 0 Å². The van der Waals surface area contributed by atoms with Crippen molar-refractivity contribution in [2.45, 2.75) is 84.1 Å². The third kappa shape index (κ3) is 4.57. The third-order valence-corrected chi connectivity index (χ3v) is 5.28. The Morgan fingerprint density at radius 1 is 0.944 bits per heavy atom. The number of hydrogen-bond donors (Lipinski definition) is 1. The summed E-state index contributed by atoms with van der Waals surface area (Å²) in [4.78, 5) is 0. The summed E-state index contributed by atoms with van der Waals surface area (Å²) < 4.78 is 0. The molecule has 0 aromatic heterocycles. The monoisotopic (exact) mass is 251 g/mol. The molecule has 0 amide bonds. The van der Waals surface area contributed by atoms with Gasteiger partial charge in [0.25, 0.3) is 0 Å². The Hall–Kier alpha value is -0.0400. The molecule has 0 aromatic rings. The highest BCUT2D eigenvalue weighted by Crippen LogP contribution is 2.37. The quantitative estimate of drug-likeness (QED) is 0.656. The van der Waals surface area contributed by atoms with E-state index in [9.17, 15) is 0 Å². The zero-order valence-corrected chi connectivity index (χ0v) is 12.6. The summed E-state index contributed by atoms with van der Waals surface area (Å²) >= 11 is 0. The zero-order chi connectivity index (χ0) is 12.8. The van der Waals surface area contributed by atoms with Gasteiger partial charge in [-0.1, -0.05) is 46.0 Å². The van der Waals surface area contributed by atoms with Gasteiger partial charge in [0.1, 0.15) is 0 Å². The van der Waals surface area contributed by atoms with Crippen LogP contribution in [0.1, 0.15) is 78.1 Å². The van der Waals surface area contributed by atoms with E-state index in [1.54, 1.807) is 0 Å². The minimum atomic E-state index is 0.836. The number of rotatable bonds is 8. The highest BCUT2D eigenvalue weighted by molar-refractivity contribution is 4.84. The fourth-order valence-corrected chi connectivity index (χ4v) is 3.65. The maximum atomic E-state index is 3.86. The second-order valence-corrected chi connectivity index (χ2v) is 6.77. The average Bonchev–Trinajstić information content (AvgIpc) is 3.23. The summed E-state index contributed by atoms with van der Waals surface area (Å²) in [5, 5.41) is 3.86. The van der Waals surface area contributed by atoms with Crippen molar-refractivity contribution in [3.63, 3.8) is 0 Å². The van der Waals surface area contributed by atoms with Crippen LogP contribution in [0, 0.1) is 17.8 Å². The normalized spacial score (nSPS) is 30.3. The van der Waals surface area contributed by atoms with E-state index < -0.39 is 0 Å². The van der Waals surface area contributed by atoms with E-state index in [0.717, 1.165) is 23.8 Å². The summed E-state index contributed by atoms with van der Waals surface area (Å²) in [5.74, 6) is 3.12. The fraction of sp³-hybridized carbons (Fsp3) is 1.00. The molecule has 0 bridgehead atoms. The topological polar surface area (TPSA) is 12.0 Å². The van der Waals surface area contributed by atoms with Crippen LogP contribution in [-0.2, 0) is 0 Å². The van der Waals surface area contributed by atoms with Crippen LogP contribution < -0.4 is 5.32 Å². The standard InChI is InChI=1S/C17H33N/c1-3-13-18-17(12-9-15-5-6-15)16-10-7-14(4-2)8-11-16/h14-18H,3-13H2,1-2H3. The summed E-state index contributed by atoms with van der Waals surface area (Å²) in [6.07, 6.45) is 14.6. The van der Waals surface area contributed by atoms with Crippen molar-refractivity contribution in [2.24, 2.45) is 17.8 Å². The molecule has 0 spiro atoms. The van der Waals surface area contributed by atoms with E-state index >= 15 is 0 Å². The molecule has 2 saturated carbocycles. The molecule has 0 radical (unpaired) electrons. The van der Waals surface area contributed by atoms with Gasteiger partial charge >= 0.3 is 0 Å². The Balaban J connectivity index is 1.74. The van der Waals surface area contributed by atoms with Crippen LogP contribution >= 0.6 is 0 Å². The molecule has 2 aliphatic carbocycles. The van der Waals surface area contributed by atoms with Crippen molar-refractivity contribution in [2.75, 3.05) is 6.54 Å². The van der Waals surface area contributed by atoms with Gasteiger partial charge in [-0.25, -0.2) is 0 Å². The van der Waals surface area contributed by atoms with Crippen molar-refractivity contribution in [3.05, 3.63) is 0 Å². The van der Waals surface area contributed by atoms with Gasteiger partial charge in [0, 0.05) is 6.04 Å². The summed E-state index contributed by atoms with van der Waals surface area (Å²) in [7, 11) is 0. The van der Waals surface area contributed by atoms with Gasteiger partial charge in [0.2, 0.25) is 0 Å². The third-order valence-electron chi connectivity index (χ3n) is 5.28. The lowest BCUT2D eigenvalue weighted by atomic mass is 9.76. The molecule has 2 fully saturated rings. The van der Waals surface area contributed by atoms with Crippen LogP contribution in [-0.4, -0.2) is 12.6 Å². The molecule has 1 atom stereocenters. The Labute approximate surface area is 114 Å². The maximum Gasteiger partial charge on any atom is 0.00954 e. The minimum absolute atomic E-state index is 0.836. The Kier molecular flexibility index (Phi) is 6.01. The van der Waals surface area contributed by atoms with E-state index in [1.165, 1.54) is 70.8 Å². The van der Waals surface area contributed by atoms with Crippen molar-refractivity contribution >= 4 is 0 Å². The Morgan fingerprint density at radius 2 is 1.61 bits per heavy atom. The first-order valence-electron chi connectivity index (χ1n) is 8.56. The molecule has 106 valence electrons. The Bertz CT molecular complexity index is 214. The highest BCUT2D eigenvalue weighted by Gasteiger charge is 2.28. The van der Waals surface area contributed by atoms with E-state index in [2.05, 4.69) is 19.2 Å². The predicted octanol–water partition coefficient (Wildman–Crippen LogP) is 4.76. The molecule has 1 unspecified atom stereocenters. The van der Waals surface area contributed by atoms with E-state index in [0.29, 0.717) is 0 Å². The van der Waals surface area contributed by atoms with Gasteiger partial charge in [-0.05, 0) is 56.4 Å². The van der Waals surface area contributed by atoms with Gasteiger partial charge in [-0.2, -0.15) is 0 Å². The lowest BCUT2D eigenvalue weighted by Gasteiger charge is -2.34. The largest absolute Gasteiger partial charge is 0.314 e. The molecule has 0 heterocycles. The van der Waals surface area contributed by atoms with Crippen LogP contribution in [0.2, 0.25) is 0 Å². The van der Waals surface area contributed by atoms with Crippen molar-refractivity contribution in [1.29, 1.82) is 0 Å². The lowest BCUT2D eigenvalue weighted by Crippen LogP contribution is -2.38. The first kappa shape index (κ1) is 14.4. The summed E-state index contributed by atoms with van der Waals surface area (Å²) in [5.41, 5.74) is 0. The highest BCUT2D eigenvalue weighted by atomic mass is 14.9. The van der Waals surface area contributed by atoms with E-state index in [4.69, 9.17) is 0 Å². The van der Waals surface area contributed by atoms with Gasteiger partial charge in [-0.3, -0.25) is 0 Å². The SMILES string of the molecule is CCCNC(CCC1CC1)C1CCC(CC)CC1. The van der Waals surface area contributed by atoms with Crippen LogP contribution in [0.25, 0.3) is 0 Å². The van der Waals surface area contributed by atoms with Gasteiger partial charge < -0.3 is 5.32 Å². The molecule has 0 aromatic carbocycles. The first-order chi connectivity index (χ1) is 8.83. The predicted molar refractivity (Wildman–Crippen MR) is 79.8 cm³/mol. The smallest absolute Gasteiger partial charge is 0.00954 e. The van der Waals surface area contributed by atoms with Crippen LogP contribution in [0.5, 0.6) is 0 Å². The van der Waals surface area contributed by atoms with Crippen molar-refractivity contribution in [1.82, 2.24) is 5.32 Å². The molecular formula is C17H33N.